The van der Waals surface area contributed by atoms with Crippen molar-refractivity contribution in [3.05, 3.63) is 12.2 Å². The third-order valence-corrected chi connectivity index (χ3v) is 5.29. The average molecular weight is 204 g/mol. The van der Waals surface area contributed by atoms with E-state index in [2.05, 4.69) is 20.4 Å². The molecule has 4 atom stereocenters. The molecule has 1 nitrogen and oxygen atoms in total. The minimum absolute atomic E-state index is 0.296. The molecule has 0 saturated heterocycles. The van der Waals surface area contributed by atoms with E-state index >= 15 is 0 Å². The quantitative estimate of drug-likeness (QED) is 0.599. The first-order valence-corrected chi connectivity index (χ1v) is 6.30. The van der Waals surface area contributed by atoms with Gasteiger partial charge in [0, 0.05) is 17.8 Å². The Hall–Kier alpha value is -0.590. The van der Waals surface area contributed by atoms with Crippen LogP contribution in [0.3, 0.4) is 0 Å². The van der Waals surface area contributed by atoms with Crippen molar-refractivity contribution in [1.29, 1.82) is 0 Å². The summed E-state index contributed by atoms with van der Waals surface area (Å²) in [7, 11) is 0. The third-order valence-electron chi connectivity index (χ3n) is 5.29. The van der Waals surface area contributed by atoms with Crippen LogP contribution in [0, 0.1) is 29.1 Å². The van der Waals surface area contributed by atoms with Crippen molar-refractivity contribution in [3.8, 4) is 0 Å². The van der Waals surface area contributed by atoms with E-state index in [1.54, 1.807) is 0 Å². The zero-order chi connectivity index (χ0) is 10.8. The molecular formula is C14H20O. The van der Waals surface area contributed by atoms with Gasteiger partial charge in [0.2, 0.25) is 0 Å². The molecule has 3 aliphatic carbocycles. The third kappa shape index (κ3) is 0.971. The molecule has 1 heteroatoms. The van der Waals surface area contributed by atoms with E-state index < -0.39 is 0 Å². The molecule has 3 aliphatic rings. The first kappa shape index (κ1) is 9.62. The smallest absolute Gasteiger partial charge is 0.137 e. The zero-order valence-electron chi connectivity index (χ0n) is 9.75. The van der Waals surface area contributed by atoms with Gasteiger partial charge in [0.05, 0.1) is 0 Å². The van der Waals surface area contributed by atoms with Gasteiger partial charge >= 0.3 is 0 Å². The minimum atomic E-state index is 0.296. The lowest BCUT2D eigenvalue weighted by molar-refractivity contribution is -0.119. The van der Waals surface area contributed by atoms with E-state index in [1.165, 1.54) is 18.4 Å². The molecule has 0 bridgehead atoms. The van der Waals surface area contributed by atoms with Crippen molar-refractivity contribution in [1.82, 2.24) is 0 Å². The van der Waals surface area contributed by atoms with Crippen molar-refractivity contribution in [3.63, 3.8) is 0 Å². The van der Waals surface area contributed by atoms with Gasteiger partial charge in [-0.2, -0.15) is 0 Å². The highest BCUT2D eigenvalue weighted by Crippen LogP contribution is 2.76. The van der Waals surface area contributed by atoms with Crippen LogP contribution in [0.15, 0.2) is 12.2 Å². The number of carbonyl (C=O) groups excluding carboxylic acids is 1. The standard InChI is InChI=1S/C14H20O/c1-8(2)10-5-4-9(3)14-7-6-11(15)13(14)12(10)14/h8,10,12-13H,3-7H2,1-2H3/t10-,12+,13+,14?/m0/s1. The second kappa shape index (κ2) is 2.75. The fourth-order valence-electron chi connectivity index (χ4n) is 4.53. The predicted octanol–water partition coefficient (Wildman–Crippen LogP) is 3.20. The molecule has 0 amide bonds. The first-order chi connectivity index (χ1) is 7.09. The van der Waals surface area contributed by atoms with Gasteiger partial charge in [-0.15, -0.1) is 0 Å². The molecule has 0 aromatic carbocycles. The summed E-state index contributed by atoms with van der Waals surface area (Å²) in [6.45, 7) is 8.87. The Morgan fingerprint density at radius 3 is 2.80 bits per heavy atom. The summed E-state index contributed by atoms with van der Waals surface area (Å²) in [5, 5.41) is 0. The highest BCUT2D eigenvalue weighted by atomic mass is 16.1. The van der Waals surface area contributed by atoms with Crippen LogP contribution in [0.25, 0.3) is 0 Å². The van der Waals surface area contributed by atoms with E-state index in [4.69, 9.17) is 0 Å². The lowest BCUT2D eigenvalue weighted by Crippen LogP contribution is -2.23. The van der Waals surface area contributed by atoms with E-state index in [0.717, 1.165) is 24.7 Å². The van der Waals surface area contributed by atoms with Crippen molar-refractivity contribution in [2.75, 3.05) is 0 Å². The molecule has 3 fully saturated rings. The average Bonchev–Trinajstić information content (AvgIpc) is 2.75. The zero-order valence-corrected chi connectivity index (χ0v) is 9.75. The Bertz CT molecular complexity index is 341. The number of Topliss-reactive ketones (excluding diaryl/α,β-unsaturated/α-hetero) is 1. The Kier molecular flexibility index (Phi) is 1.76. The number of hydrogen-bond donors (Lipinski definition) is 0. The SMILES string of the molecule is C=C1CC[C@@H](C(C)C)[C@@H]2[C@H]3C(=O)CCC123. The maximum absolute atomic E-state index is 11.8. The fraction of sp³-hybridized carbons (Fsp3) is 0.786. The van der Waals surface area contributed by atoms with Crippen LogP contribution in [0.1, 0.15) is 39.5 Å². The van der Waals surface area contributed by atoms with E-state index in [-0.39, 0.29) is 0 Å². The maximum Gasteiger partial charge on any atom is 0.137 e. The topological polar surface area (TPSA) is 17.1 Å². The van der Waals surface area contributed by atoms with Crippen LogP contribution in [-0.2, 0) is 4.79 Å². The predicted molar refractivity (Wildman–Crippen MR) is 60.4 cm³/mol. The summed E-state index contributed by atoms with van der Waals surface area (Å²) >= 11 is 0. The Morgan fingerprint density at radius 1 is 1.40 bits per heavy atom. The Labute approximate surface area is 91.9 Å². The lowest BCUT2D eigenvalue weighted by atomic mass is 9.73. The van der Waals surface area contributed by atoms with Crippen LogP contribution in [0.5, 0.6) is 0 Å². The van der Waals surface area contributed by atoms with Crippen LogP contribution in [0.4, 0.5) is 0 Å². The summed E-state index contributed by atoms with van der Waals surface area (Å²) in [5.74, 6) is 3.12. The highest BCUT2D eigenvalue weighted by molar-refractivity contribution is 5.90. The molecule has 0 radical (unpaired) electrons. The molecule has 0 N–H and O–H groups in total. The van der Waals surface area contributed by atoms with Gasteiger partial charge in [0.1, 0.15) is 5.78 Å². The van der Waals surface area contributed by atoms with Crippen LogP contribution in [-0.4, -0.2) is 5.78 Å². The second-order valence-electron chi connectivity index (χ2n) is 6.06. The van der Waals surface area contributed by atoms with Gasteiger partial charge < -0.3 is 0 Å². The first-order valence-electron chi connectivity index (χ1n) is 6.30. The summed E-state index contributed by atoms with van der Waals surface area (Å²) in [6, 6.07) is 0. The summed E-state index contributed by atoms with van der Waals surface area (Å²) in [5.41, 5.74) is 1.70. The molecule has 0 heterocycles. The molecule has 0 aromatic heterocycles. The number of rotatable bonds is 1. The normalized spacial score (nSPS) is 48.1. The second-order valence-corrected chi connectivity index (χ2v) is 6.06. The molecular weight excluding hydrogens is 184 g/mol. The van der Waals surface area contributed by atoms with Crippen molar-refractivity contribution in [2.45, 2.75) is 39.5 Å². The Morgan fingerprint density at radius 2 is 2.13 bits per heavy atom. The molecule has 15 heavy (non-hydrogen) atoms. The van der Waals surface area contributed by atoms with Crippen LogP contribution in [0.2, 0.25) is 0 Å². The molecule has 0 aromatic rings. The summed E-state index contributed by atoms with van der Waals surface area (Å²) < 4.78 is 0. The molecule has 0 aliphatic heterocycles. The number of allylic oxidation sites excluding steroid dienone is 1. The van der Waals surface area contributed by atoms with Gasteiger partial charge in [-0.3, -0.25) is 4.79 Å². The van der Waals surface area contributed by atoms with E-state index in [9.17, 15) is 4.79 Å². The van der Waals surface area contributed by atoms with Crippen LogP contribution >= 0.6 is 0 Å². The highest BCUT2D eigenvalue weighted by Gasteiger charge is 2.74. The molecule has 3 rings (SSSR count). The van der Waals surface area contributed by atoms with Gasteiger partial charge in [-0.05, 0) is 37.0 Å². The molecule has 1 spiro atoms. The fourth-order valence-corrected chi connectivity index (χ4v) is 4.53. The van der Waals surface area contributed by atoms with Gasteiger partial charge in [-0.25, -0.2) is 0 Å². The van der Waals surface area contributed by atoms with Crippen molar-refractivity contribution in [2.24, 2.45) is 29.1 Å². The number of fused-ring (bicyclic) bond motifs is 1. The number of hydrogen-bond acceptors (Lipinski definition) is 1. The van der Waals surface area contributed by atoms with E-state index in [0.29, 0.717) is 23.0 Å². The molecule has 82 valence electrons. The number of ketones is 1. The monoisotopic (exact) mass is 204 g/mol. The largest absolute Gasteiger partial charge is 0.299 e. The van der Waals surface area contributed by atoms with Crippen molar-refractivity contribution >= 4 is 5.78 Å². The van der Waals surface area contributed by atoms with Gasteiger partial charge in [0.25, 0.3) is 0 Å². The lowest BCUT2D eigenvalue weighted by Gasteiger charge is -2.32. The van der Waals surface area contributed by atoms with Crippen LogP contribution < -0.4 is 0 Å². The van der Waals surface area contributed by atoms with Gasteiger partial charge in [-0.1, -0.05) is 26.0 Å². The van der Waals surface area contributed by atoms with Gasteiger partial charge in [0.15, 0.2) is 0 Å². The van der Waals surface area contributed by atoms with Crippen molar-refractivity contribution < 1.29 is 4.79 Å². The molecule has 3 saturated carbocycles. The summed E-state index contributed by atoms with van der Waals surface area (Å²) in [4.78, 5) is 11.8. The molecule has 1 unspecified atom stereocenters. The Balaban J connectivity index is 1.95. The van der Waals surface area contributed by atoms with E-state index in [1.807, 2.05) is 0 Å². The maximum atomic E-state index is 11.8. The minimum Gasteiger partial charge on any atom is -0.299 e. The summed E-state index contributed by atoms with van der Waals surface area (Å²) in [6.07, 6.45) is 4.38. The number of carbonyl (C=O) groups is 1.